The molecular weight excluding hydrogens is 715 g/mol. The summed E-state index contributed by atoms with van der Waals surface area (Å²) in [5.41, 5.74) is 19.2. The van der Waals surface area contributed by atoms with Crippen LogP contribution in [0.5, 0.6) is 11.5 Å². The highest BCUT2D eigenvalue weighted by Gasteiger charge is 2.46. The molecule has 0 unspecified atom stereocenters. The molecular formula is C51H57BN2O2S. The van der Waals surface area contributed by atoms with Crippen LogP contribution in [-0.4, -0.2) is 19.9 Å². The van der Waals surface area contributed by atoms with Crippen molar-refractivity contribution in [2.24, 2.45) is 0 Å². The van der Waals surface area contributed by atoms with Crippen molar-refractivity contribution in [3.63, 3.8) is 0 Å². The van der Waals surface area contributed by atoms with E-state index in [4.69, 9.17) is 9.47 Å². The number of rotatable bonds is 2. The number of aryl methyl sites for hydroxylation is 3. The minimum Gasteiger partial charge on any atom is -0.490 e. The fourth-order valence-electron chi connectivity index (χ4n) is 9.54. The van der Waals surface area contributed by atoms with Gasteiger partial charge < -0.3 is 19.3 Å². The largest absolute Gasteiger partial charge is 0.490 e. The van der Waals surface area contributed by atoms with Crippen LogP contribution >= 0.6 is 11.3 Å². The van der Waals surface area contributed by atoms with E-state index in [0.717, 1.165) is 23.5 Å². The van der Waals surface area contributed by atoms with Crippen LogP contribution in [0.4, 0.5) is 34.1 Å². The van der Waals surface area contributed by atoms with Gasteiger partial charge in [0.15, 0.2) is 11.5 Å². The van der Waals surface area contributed by atoms with Gasteiger partial charge in [0.2, 0.25) is 0 Å². The molecule has 3 aliphatic heterocycles. The molecule has 0 aliphatic carbocycles. The molecule has 0 saturated heterocycles. The van der Waals surface area contributed by atoms with E-state index in [1.54, 1.807) is 0 Å². The van der Waals surface area contributed by atoms with Crippen LogP contribution in [0.2, 0.25) is 0 Å². The molecule has 1 aromatic heterocycles. The number of hydrogen-bond acceptors (Lipinski definition) is 5. The number of hydrogen-bond donors (Lipinski definition) is 0. The van der Waals surface area contributed by atoms with Gasteiger partial charge in [0.1, 0.15) is 0 Å². The summed E-state index contributed by atoms with van der Waals surface area (Å²) in [6.07, 6.45) is 0.874. The van der Waals surface area contributed by atoms with Crippen LogP contribution in [0.1, 0.15) is 108 Å². The Labute approximate surface area is 344 Å². The van der Waals surface area contributed by atoms with Gasteiger partial charge in [0.05, 0.1) is 30.3 Å². The first-order chi connectivity index (χ1) is 26.8. The Hall–Kier alpha value is -4.68. The number of benzene rings is 5. The lowest BCUT2D eigenvalue weighted by Crippen LogP contribution is -2.60. The zero-order chi connectivity index (χ0) is 40.5. The quantitative estimate of drug-likeness (QED) is 0.163. The summed E-state index contributed by atoms with van der Waals surface area (Å²) in [6, 6.07) is 28.6. The first-order valence-corrected chi connectivity index (χ1v) is 21.6. The zero-order valence-corrected chi connectivity index (χ0v) is 37.1. The number of thiophene rings is 1. The SMILES string of the molecule is Cc1cc(C(C)(C)C)cc(C)c1N1c2cccc3c2B(c2cc(C(C)(C)C)ccc2N3c2c(C)cc3c(c2C)OCCCO3)c2sc3ccc(C(C)(C)C)cc3c21. The molecule has 0 saturated carbocycles. The molecule has 5 aromatic carbocycles. The molecule has 0 N–H and O–H groups in total. The molecule has 9 rings (SSSR count). The Morgan fingerprint density at radius 3 is 1.84 bits per heavy atom. The van der Waals surface area contributed by atoms with Crippen molar-refractivity contribution in [3.05, 3.63) is 112 Å². The van der Waals surface area contributed by atoms with Crippen LogP contribution in [0.25, 0.3) is 10.1 Å². The maximum atomic E-state index is 6.47. The number of ether oxygens (including phenoxy) is 2. The van der Waals surface area contributed by atoms with Crippen molar-refractivity contribution in [3.8, 4) is 11.5 Å². The summed E-state index contributed by atoms with van der Waals surface area (Å²) in [5, 5.41) is 1.34. The van der Waals surface area contributed by atoms with Crippen LogP contribution in [-0.2, 0) is 16.2 Å². The topological polar surface area (TPSA) is 24.9 Å². The highest BCUT2D eigenvalue weighted by atomic mass is 32.1. The molecule has 3 aliphatic rings. The maximum absolute atomic E-state index is 6.47. The summed E-state index contributed by atoms with van der Waals surface area (Å²) >= 11 is 1.98. The molecule has 0 bridgehead atoms. The van der Waals surface area contributed by atoms with Crippen LogP contribution in [0, 0.1) is 27.7 Å². The van der Waals surface area contributed by atoms with Gasteiger partial charge in [-0.3, -0.25) is 0 Å². The Morgan fingerprint density at radius 2 is 1.18 bits per heavy atom. The molecule has 6 aromatic rings. The van der Waals surface area contributed by atoms with E-state index in [9.17, 15) is 0 Å². The minimum atomic E-state index is -0.0188. The van der Waals surface area contributed by atoms with Gasteiger partial charge in [-0.2, -0.15) is 0 Å². The van der Waals surface area contributed by atoms with E-state index in [0.29, 0.717) is 13.2 Å². The zero-order valence-electron chi connectivity index (χ0n) is 36.2. The molecule has 0 spiro atoms. The molecule has 4 nitrogen and oxygen atoms in total. The van der Waals surface area contributed by atoms with Crippen LogP contribution < -0.4 is 35.0 Å². The Kier molecular flexibility index (Phi) is 8.58. The average molecular weight is 773 g/mol. The highest BCUT2D eigenvalue weighted by Crippen LogP contribution is 2.52. The summed E-state index contributed by atoms with van der Waals surface area (Å²) in [4.78, 5) is 5.20. The summed E-state index contributed by atoms with van der Waals surface area (Å²) in [5.74, 6) is 1.71. The number of fused-ring (bicyclic) bond motifs is 7. The summed E-state index contributed by atoms with van der Waals surface area (Å²) in [7, 11) is 0. The van der Waals surface area contributed by atoms with Gasteiger partial charge in [0, 0.05) is 43.9 Å². The molecule has 0 radical (unpaired) electrons. The first kappa shape index (κ1) is 37.9. The third-order valence-electron chi connectivity index (χ3n) is 12.6. The smallest absolute Gasteiger partial charge is 0.264 e. The molecule has 4 heterocycles. The first-order valence-electron chi connectivity index (χ1n) is 20.8. The van der Waals surface area contributed by atoms with Crippen molar-refractivity contribution in [2.45, 2.75) is 113 Å². The third-order valence-corrected chi connectivity index (χ3v) is 13.8. The maximum Gasteiger partial charge on any atom is 0.264 e. The standard InChI is InChI=1S/C51H57BN2O2S/c1-29-24-35(51(11,12)13)25-30(2)44(29)54-40-17-14-16-39-43(40)52(48-46(54)36-27-33(49(5,6)7)19-21-42(36)57-48)37-28-34(50(8,9)10)18-20-38(37)53(39)45-31(3)26-41-47(32(45)4)56-23-15-22-55-41/h14,16-21,24-28H,15,22-23H2,1-13H3. The van der Waals surface area contributed by atoms with E-state index in [2.05, 4.69) is 173 Å². The summed E-state index contributed by atoms with van der Waals surface area (Å²) in [6.45, 7) is 31.4. The highest BCUT2D eigenvalue weighted by molar-refractivity contribution is 7.33. The second-order valence-corrected chi connectivity index (χ2v) is 21.0. The van der Waals surface area contributed by atoms with Gasteiger partial charge in [-0.1, -0.05) is 98.7 Å². The Bertz CT molecular complexity index is 2610. The predicted octanol–water partition coefficient (Wildman–Crippen LogP) is 12.3. The van der Waals surface area contributed by atoms with Gasteiger partial charge in [-0.25, -0.2) is 0 Å². The summed E-state index contributed by atoms with van der Waals surface area (Å²) < 4.78 is 15.5. The van der Waals surface area contributed by atoms with Crippen LogP contribution in [0.15, 0.2) is 72.8 Å². The fourth-order valence-corrected chi connectivity index (χ4v) is 10.8. The molecule has 0 fully saturated rings. The second-order valence-electron chi connectivity index (χ2n) is 19.9. The minimum absolute atomic E-state index is 0.0188. The second kappa shape index (κ2) is 12.9. The van der Waals surface area contributed by atoms with E-state index >= 15 is 0 Å². The third kappa shape index (κ3) is 5.91. The monoisotopic (exact) mass is 772 g/mol. The fraction of sp³-hybridized carbons (Fsp3) is 0.373. The van der Waals surface area contributed by atoms with Crippen molar-refractivity contribution in [2.75, 3.05) is 23.0 Å². The van der Waals surface area contributed by atoms with E-state index in [1.807, 2.05) is 11.3 Å². The van der Waals surface area contributed by atoms with E-state index < -0.39 is 0 Å². The van der Waals surface area contributed by atoms with E-state index in [-0.39, 0.29) is 23.0 Å². The predicted molar refractivity (Wildman–Crippen MR) is 247 cm³/mol. The molecule has 6 heteroatoms. The average Bonchev–Trinajstić information content (AvgIpc) is 3.34. The van der Waals surface area contributed by atoms with E-state index in [1.165, 1.54) is 93.3 Å². The molecule has 292 valence electrons. The lowest BCUT2D eigenvalue weighted by Gasteiger charge is -2.44. The van der Waals surface area contributed by atoms with Crippen molar-refractivity contribution in [1.82, 2.24) is 0 Å². The van der Waals surface area contributed by atoms with Crippen molar-refractivity contribution in [1.29, 1.82) is 0 Å². The lowest BCUT2D eigenvalue weighted by molar-refractivity contribution is 0.296. The van der Waals surface area contributed by atoms with Crippen molar-refractivity contribution < 1.29 is 9.47 Å². The van der Waals surface area contributed by atoms with Gasteiger partial charge in [-0.15, -0.1) is 11.3 Å². The molecule has 0 amide bonds. The number of anilines is 6. The van der Waals surface area contributed by atoms with Crippen molar-refractivity contribution >= 4 is 78.0 Å². The lowest BCUT2D eigenvalue weighted by atomic mass is 9.36. The number of nitrogens with zero attached hydrogens (tertiary/aromatic N) is 2. The molecule has 57 heavy (non-hydrogen) atoms. The van der Waals surface area contributed by atoms with Gasteiger partial charge >= 0.3 is 0 Å². The normalized spacial score (nSPS) is 15.1. The molecule has 0 atom stereocenters. The van der Waals surface area contributed by atoms with Gasteiger partial charge in [0.25, 0.3) is 6.71 Å². The Balaban J connectivity index is 1.41. The van der Waals surface area contributed by atoms with Crippen LogP contribution in [0.3, 0.4) is 0 Å². The Morgan fingerprint density at radius 1 is 0.579 bits per heavy atom. The van der Waals surface area contributed by atoms with Gasteiger partial charge in [-0.05, 0) is 125 Å².